The monoisotopic (exact) mass is 360 g/mol. The second-order valence-corrected chi connectivity index (χ2v) is 7.69. The van der Waals surface area contributed by atoms with Gasteiger partial charge in [-0.05, 0) is 49.8 Å². The first-order chi connectivity index (χ1) is 12.7. The number of carbonyl (C=O) groups excluding carboxylic acids is 1. The number of carbonyl (C=O) groups is 1. The van der Waals surface area contributed by atoms with Gasteiger partial charge in [0, 0.05) is 26.0 Å². The minimum Gasteiger partial charge on any atom is -0.378 e. The van der Waals surface area contributed by atoms with E-state index in [2.05, 4.69) is 4.98 Å². The molecule has 2 saturated carbocycles. The molecular formula is C20H28N2O4. The van der Waals surface area contributed by atoms with Crippen molar-refractivity contribution in [2.45, 2.75) is 69.0 Å². The van der Waals surface area contributed by atoms with E-state index in [1.807, 2.05) is 17.0 Å². The molecule has 3 atom stereocenters. The lowest BCUT2D eigenvalue weighted by atomic mass is 9.77. The summed E-state index contributed by atoms with van der Waals surface area (Å²) < 4.78 is 17.9. The second-order valence-electron chi connectivity index (χ2n) is 7.69. The van der Waals surface area contributed by atoms with Crippen LogP contribution in [0.3, 0.4) is 0 Å². The minimum atomic E-state index is -0.240. The zero-order chi connectivity index (χ0) is 18.0. The van der Waals surface area contributed by atoms with Gasteiger partial charge in [0.15, 0.2) is 0 Å². The van der Waals surface area contributed by atoms with Gasteiger partial charge >= 0.3 is 0 Å². The van der Waals surface area contributed by atoms with Gasteiger partial charge in [-0.3, -0.25) is 9.78 Å². The molecule has 1 amide bonds. The van der Waals surface area contributed by atoms with Crippen molar-refractivity contribution in [2.24, 2.45) is 0 Å². The standard InChI is InChI=1S/C20H28N2O4/c1-24-20(7-2-8-20)13-18(23)22-11-12-25-17-4-3-16(22)19(17)26-14-15-5-9-21-10-6-15/h5-6,9-10,16-17,19H,2-4,7-8,11-14H2,1H3/t16-,17-,19+/m0/s1. The molecule has 2 heterocycles. The van der Waals surface area contributed by atoms with Gasteiger partial charge in [-0.15, -0.1) is 0 Å². The lowest BCUT2D eigenvalue weighted by Gasteiger charge is -2.42. The van der Waals surface area contributed by atoms with Crippen molar-refractivity contribution < 1.29 is 19.0 Å². The summed E-state index contributed by atoms with van der Waals surface area (Å²) in [6.07, 6.45) is 9.04. The van der Waals surface area contributed by atoms with Gasteiger partial charge < -0.3 is 19.1 Å². The molecule has 0 spiro atoms. The predicted octanol–water partition coefficient (Wildman–Crippen LogP) is 2.32. The van der Waals surface area contributed by atoms with Crippen molar-refractivity contribution in [3.05, 3.63) is 30.1 Å². The van der Waals surface area contributed by atoms with E-state index in [1.165, 1.54) is 0 Å². The first-order valence-corrected chi connectivity index (χ1v) is 9.67. The Morgan fingerprint density at radius 1 is 1.35 bits per heavy atom. The van der Waals surface area contributed by atoms with Gasteiger partial charge in [0.2, 0.25) is 5.91 Å². The number of methoxy groups -OCH3 is 1. The van der Waals surface area contributed by atoms with Crippen molar-refractivity contribution in [2.75, 3.05) is 20.3 Å². The zero-order valence-corrected chi connectivity index (χ0v) is 15.4. The quantitative estimate of drug-likeness (QED) is 0.779. The molecule has 0 N–H and O–H groups in total. The summed E-state index contributed by atoms with van der Waals surface area (Å²) in [5.41, 5.74) is 0.852. The minimum absolute atomic E-state index is 0.0606. The van der Waals surface area contributed by atoms with Crippen LogP contribution in [0.2, 0.25) is 0 Å². The third kappa shape index (κ3) is 3.50. The Hall–Kier alpha value is -1.50. The Morgan fingerprint density at radius 2 is 2.15 bits per heavy atom. The number of hydrogen-bond acceptors (Lipinski definition) is 5. The lowest BCUT2D eigenvalue weighted by molar-refractivity contribution is -0.148. The Balaban J connectivity index is 1.43. The number of amides is 1. The van der Waals surface area contributed by atoms with Crippen molar-refractivity contribution in [1.82, 2.24) is 9.88 Å². The summed E-state index contributed by atoms with van der Waals surface area (Å²) in [5, 5.41) is 0. The van der Waals surface area contributed by atoms with Crippen LogP contribution in [0, 0.1) is 0 Å². The van der Waals surface area contributed by atoms with Crippen LogP contribution in [0.5, 0.6) is 0 Å². The Labute approximate surface area is 154 Å². The Kier molecular flexibility index (Phi) is 5.25. The van der Waals surface area contributed by atoms with Gasteiger partial charge in [0.25, 0.3) is 0 Å². The first kappa shape index (κ1) is 17.9. The van der Waals surface area contributed by atoms with E-state index >= 15 is 0 Å². The SMILES string of the molecule is COC1(CC(=O)N2CCO[C@H]3CC[C@H]2[C@H]3OCc2ccncc2)CCC1. The summed E-state index contributed by atoms with van der Waals surface area (Å²) in [5.74, 6) is 0.181. The third-order valence-electron chi connectivity index (χ3n) is 6.24. The summed E-state index contributed by atoms with van der Waals surface area (Å²) >= 11 is 0. The molecule has 6 heteroatoms. The molecule has 26 heavy (non-hydrogen) atoms. The number of rotatable bonds is 6. The van der Waals surface area contributed by atoms with E-state index in [1.54, 1.807) is 19.5 Å². The number of nitrogens with zero attached hydrogens (tertiary/aromatic N) is 2. The zero-order valence-electron chi connectivity index (χ0n) is 15.4. The van der Waals surface area contributed by atoms with Crippen molar-refractivity contribution in [3.63, 3.8) is 0 Å². The molecule has 0 unspecified atom stereocenters. The van der Waals surface area contributed by atoms with Crippen LogP contribution < -0.4 is 0 Å². The van der Waals surface area contributed by atoms with Crippen LogP contribution in [0.1, 0.15) is 44.1 Å². The molecule has 3 fully saturated rings. The van der Waals surface area contributed by atoms with Gasteiger partial charge in [-0.25, -0.2) is 0 Å². The molecule has 2 bridgehead atoms. The molecule has 0 radical (unpaired) electrons. The summed E-state index contributed by atoms with van der Waals surface area (Å²) in [6, 6.07) is 4.02. The number of ether oxygens (including phenoxy) is 3. The molecule has 142 valence electrons. The average molecular weight is 360 g/mol. The van der Waals surface area contributed by atoms with Gasteiger partial charge in [-0.2, -0.15) is 0 Å². The van der Waals surface area contributed by atoms with E-state index < -0.39 is 0 Å². The highest BCUT2D eigenvalue weighted by molar-refractivity contribution is 5.78. The van der Waals surface area contributed by atoms with Crippen LogP contribution in [-0.4, -0.2) is 59.9 Å². The summed E-state index contributed by atoms with van der Waals surface area (Å²) in [4.78, 5) is 19.1. The van der Waals surface area contributed by atoms with E-state index in [-0.39, 0.29) is 29.8 Å². The van der Waals surface area contributed by atoms with Crippen LogP contribution in [0.25, 0.3) is 0 Å². The fraction of sp³-hybridized carbons (Fsp3) is 0.700. The number of hydrogen-bond donors (Lipinski definition) is 0. The van der Waals surface area contributed by atoms with Crippen LogP contribution in [-0.2, 0) is 25.6 Å². The van der Waals surface area contributed by atoms with Crippen molar-refractivity contribution in [3.8, 4) is 0 Å². The van der Waals surface area contributed by atoms with Crippen LogP contribution >= 0.6 is 0 Å². The number of pyridine rings is 1. The Bertz CT molecular complexity index is 614. The van der Waals surface area contributed by atoms with Gasteiger partial charge in [0.05, 0.1) is 37.4 Å². The predicted molar refractivity (Wildman–Crippen MR) is 95.5 cm³/mol. The molecule has 1 aliphatic heterocycles. The largest absolute Gasteiger partial charge is 0.378 e. The maximum absolute atomic E-state index is 13.1. The van der Waals surface area contributed by atoms with Gasteiger partial charge in [0.1, 0.15) is 6.10 Å². The van der Waals surface area contributed by atoms with E-state index in [4.69, 9.17) is 14.2 Å². The lowest BCUT2D eigenvalue weighted by Crippen LogP contribution is -2.50. The molecule has 2 aliphatic carbocycles. The highest BCUT2D eigenvalue weighted by Crippen LogP contribution is 2.40. The normalized spacial score (nSPS) is 29.9. The maximum Gasteiger partial charge on any atom is 0.225 e. The molecule has 1 saturated heterocycles. The highest BCUT2D eigenvalue weighted by Gasteiger charge is 2.47. The molecule has 0 aromatic carbocycles. The van der Waals surface area contributed by atoms with Crippen molar-refractivity contribution >= 4 is 5.91 Å². The molecule has 6 nitrogen and oxygen atoms in total. The number of aromatic nitrogens is 1. The second kappa shape index (κ2) is 7.62. The molecule has 1 aromatic rings. The smallest absolute Gasteiger partial charge is 0.225 e. The fourth-order valence-corrected chi connectivity index (χ4v) is 4.49. The third-order valence-corrected chi connectivity index (χ3v) is 6.24. The summed E-state index contributed by atoms with van der Waals surface area (Å²) in [6.45, 7) is 1.75. The average Bonchev–Trinajstić information content (AvgIpc) is 2.92. The first-order valence-electron chi connectivity index (χ1n) is 9.67. The van der Waals surface area contributed by atoms with Gasteiger partial charge in [-0.1, -0.05) is 0 Å². The molecule has 1 aromatic heterocycles. The van der Waals surface area contributed by atoms with Crippen molar-refractivity contribution in [1.29, 1.82) is 0 Å². The summed E-state index contributed by atoms with van der Waals surface area (Å²) in [7, 11) is 1.73. The highest BCUT2D eigenvalue weighted by atomic mass is 16.5. The van der Waals surface area contributed by atoms with E-state index in [0.717, 1.165) is 37.7 Å². The molecular weight excluding hydrogens is 332 g/mol. The van der Waals surface area contributed by atoms with Crippen LogP contribution in [0.15, 0.2) is 24.5 Å². The van der Waals surface area contributed by atoms with E-state index in [9.17, 15) is 4.79 Å². The molecule has 4 rings (SSSR count). The molecule has 3 aliphatic rings. The van der Waals surface area contributed by atoms with E-state index in [0.29, 0.717) is 26.2 Å². The topological polar surface area (TPSA) is 60.9 Å². The fourth-order valence-electron chi connectivity index (χ4n) is 4.49. The maximum atomic E-state index is 13.1. The Morgan fingerprint density at radius 3 is 2.85 bits per heavy atom. The number of fused-ring (bicyclic) bond motifs is 2. The van der Waals surface area contributed by atoms with Crippen LogP contribution in [0.4, 0.5) is 0 Å².